The van der Waals surface area contributed by atoms with Gasteiger partial charge in [0.15, 0.2) is 0 Å². The quantitative estimate of drug-likeness (QED) is 0.481. The van der Waals surface area contributed by atoms with Crippen LogP contribution in [0.2, 0.25) is 5.02 Å². The Bertz CT molecular complexity index is 852. The Hall–Kier alpha value is -1.89. The van der Waals surface area contributed by atoms with Gasteiger partial charge in [0.1, 0.15) is 5.82 Å². The molecule has 2 aliphatic rings. The van der Waals surface area contributed by atoms with Gasteiger partial charge in [0.05, 0.1) is 17.3 Å². The van der Waals surface area contributed by atoms with Gasteiger partial charge in [-0.1, -0.05) is 11.6 Å². The molecule has 0 aromatic carbocycles. The van der Waals surface area contributed by atoms with Gasteiger partial charge >= 0.3 is 0 Å². The molecule has 0 radical (unpaired) electrons. The van der Waals surface area contributed by atoms with Gasteiger partial charge in [-0.25, -0.2) is 4.98 Å². The van der Waals surface area contributed by atoms with E-state index in [0.29, 0.717) is 23.1 Å². The van der Waals surface area contributed by atoms with E-state index in [-0.39, 0.29) is 0 Å². The molecule has 168 valence electrons. The molecule has 0 saturated heterocycles. The second kappa shape index (κ2) is 10.6. The lowest BCUT2D eigenvalue weighted by Crippen LogP contribution is -2.42. The third kappa shape index (κ3) is 6.55. The first-order valence-electron chi connectivity index (χ1n) is 11.5. The van der Waals surface area contributed by atoms with Crippen LogP contribution in [0.3, 0.4) is 0 Å². The molecule has 2 aromatic rings. The summed E-state index contributed by atoms with van der Waals surface area (Å²) in [7, 11) is 1.75. The standard InChI is InChI=1S/C24H34ClN5O/c1-16(15-31-2)29-19-5-7-20(8-6-19)30-24-10-22(23(25)14-28-24)18-9-21(13-26-12-18)27-11-17-3-4-17/h9-10,12-14,16-17,19-20,27,29H,3-8,11,15H2,1-2H3,(H,28,30)/t16-,19-,20-/m0/s1. The molecule has 2 saturated carbocycles. The van der Waals surface area contributed by atoms with Crippen molar-refractivity contribution in [3.63, 3.8) is 0 Å². The number of hydrogen-bond acceptors (Lipinski definition) is 6. The van der Waals surface area contributed by atoms with Crippen molar-refractivity contribution < 1.29 is 4.74 Å². The molecule has 4 rings (SSSR count). The lowest BCUT2D eigenvalue weighted by molar-refractivity contribution is 0.161. The zero-order chi connectivity index (χ0) is 21.6. The summed E-state index contributed by atoms with van der Waals surface area (Å²) >= 11 is 6.50. The first kappa shape index (κ1) is 22.3. The van der Waals surface area contributed by atoms with Crippen LogP contribution in [0.1, 0.15) is 45.4 Å². The minimum absolute atomic E-state index is 0.392. The normalized spacial score (nSPS) is 22.2. The molecule has 2 heterocycles. The van der Waals surface area contributed by atoms with E-state index in [4.69, 9.17) is 16.3 Å². The van der Waals surface area contributed by atoms with Crippen LogP contribution in [0, 0.1) is 5.92 Å². The summed E-state index contributed by atoms with van der Waals surface area (Å²) in [6, 6.07) is 5.56. The number of nitrogens with zero attached hydrogens (tertiary/aromatic N) is 2. The second-order valence-electron chi connectivity index (χ2n) is 9.05. The summed E-state index contributed by atoms with van der Waals surface area (Å²) in [6.45, 7) is 3.95. The number of hydrogen-bond donors (Lipinski definition) is 3. The smallest absolute Gasteiger partial charge is 0.126 e. The van der Waals surface area contributed by atoms with Crippen molar-refractivity contribution in [1.29, 1.82) is 0 Å². The Morgan fingerprint density at radius 2 is 1.84 bits per heavy atom. The number of anilines is 2. The molecule has 6 nitrogen and oxygen atoms in total. The first-order chi connectivity index (χ1) is 15.1. The predicted molar refractivity (Wildman–Crippen MR) is 128 cm³/mol. The van der Waals surface area contributed by atoms with E-state index >= 15 is 0 Å². The Kier molecular flexibility index (Phi) is 7.64. The Morgan fingerprint density at radius 1 is 1.06 bits per heavy atom. The number of nitrogens with one attached hydrogen (secondary N) is 3. The fraction of sp³-hybridized carbons (Fsp3) is 0.583. The zero-order valence-electron chi connectivity index (χ0n) is 18.5. The number of ether oxygens (including phenoxy) is 1. The van der Waals surface area contributed by atoms with E-state index in [9.17, 15) is 0 Å². The van der Waals surface area contributed by atoms with Crippen molar-refractivity contribution in [2.45, 2.75) is 63.6 Å². The lowest BCUT2D eigenvalue weighted by Gasteiger charge is -2.32. The molecule has 0 unspecified atom stereocenters. The van der Waals surface area contributed by atoms with E-state index in [0.717, 1.165) is 67.4 Å². The van der Waals surface area contributed by atoms with Crippen molar-refractivity contribution in [1.82, 2.24) is 15.3 Å². The Labute approximate surface area is 190 Å². The van der Waals surface area contributed by atoms with E-state index in [1.165, 1.54) is 12.8 Å². The number of halogens is 1. The second-order valence-corrected chi connectivity index (χ2v) is 9.46. The fourth-order valence-electron chi connectivity index (χ4n) is 4.32. The molecule has 2 fully saturated rings. The lowest BCUT2D eigenvalue weighted by atomic mass is 9.90. The highest BCUT2D eigenvalue weighted by atomic mass is 35.5. The van der Waals surface area contributed by atoms with Crippen LogP contribution in [0.15, 0.2) is 30.7 Å². The van der Waals surface area contributed by atoms with Crippen LogP contribution in [0.5, 0.6) is 0 Å². The van der Waals surface area contributed by atoms with Crippen molar-refractivity contribution >= 4 is 23.1 Å². The first-order valence-corrected chi connectivity index (χ1v) is 11.8. The monoisotopic (exact) mass is 443 g/mol. The fourth-order valence-corrected chi connectivity index (χ4v) is 4.53. The highest BCUT2D eigenvalue weighted by molar-refractivity contribution is 6.33. The molecule has 0 amide bonds. The summed E-state index contributed by atoms with van der Waals surface area (Å²) in [4.78, 5) is 8.94. The Morgan fingerprint density at radius 3 is 2.58 bits per heavy atom. The van der Waals surface area contributed by atoms with Crippen molar-refractivity contribution in [2.24, 2.45) is 5.92 Å². The highest BCUT2D eigenvalue weighted by Gasteiger charge is 2.23. The van der Waals surface area contributed by atoms with E-state index in [1.807, 2.05) is 12.4 Å². The highest BCUT2D eigenvalue weighted by Crippen LogP contribution is 2.32. The van der Waals surface area contributed by atoms with Crippen LogP contribution in [-0.2, 0) is 4.74 Å². The van der Waals surface area contributed by atoms with E-state index in [2.05, 4.69) is 45.0 Å². The summed E-state index contributed by atoms with van der Waals surface area (Å²) in [5.41, 5.74) is 3.02. The maximum absolute atomic E-state index is 6.50. The topological polar surface area (TPSA) is 71.1 Å². The molecule has 3 N–H and O–H groups in total. The largest absolute Gasteiger partial charge is 0.384 e. The number of pyridine rings is 2. The third-order valence-electron chi connectivity index (χ3n) is 6.21. The van der Waals surface area contributed by atoms with Crippen molar-refractivity contribution in [2.75, 3.05) is 30.9 Å². The van der Waals surface area contributed by atoms with Crippen LogP contribution in [0.25, 0.3) is 11.1 Å². The van der Waals surface area contributed by atoms with Crippen LogP contribution in [0.4, 0.5) is 11.5 Å². The van der Waals surface area contributed by atoms with Crippen molar-refractivity contribution in [3.8, 4) is 11.1 Å². The van der Waals surface area contributed by atoms with Gasteiger partial charge in [0, 0.05) is 61.5 Å². The molecule has 1 atom stereocenters. The maximum Gasteiger partial charge on any atom is 0.126 e. The number of rotatable bonds is 10. The molecule has 0 bridgehead atoms. The van der Waals surface area contributed by atoms with Gasteiger partial charge in [0.2, 0.25) is 0 Å². The van der Waals surface area contributed by atoms with E-state index in [1.54, 1.807) is 13.3 Å². The molecule has 2 aromatic heterocycles. The minimum Gasteiger partial charge on any atom is -0.384 e. The maximum atomic E-state index is 6.50. The van der Waals surface area contributed by atoms with Crippen molar-refractivity contribution in [3.05, 3.63) is 35.7 Å². The molecular weight excluding hydrogens is 410 g/mol. The molecule has 7 heteroatoms. The van der Waals surface area contributed by atoms with Gasteiger partial charge in [-0.15, -0.1) is 0 Å². The average molecular weight is 444 g/mol. The van der Waals surface area contributed by atoms with Gasteiger partial charge < -0.3 is 20.7 Å². The van der Waals surface area contributed by atoms with Gasteiger partial charge in [-0.2, -0.15) is 0 Å². The molecule has 2 aliphatic carbocycles. The van der Waals surface area contributed by atoms with Gasteiger partial charge in [0.25, 0.3) is 0 Å². The van der Waals surface area contributed by atoms with Crippen LogP contribution < -0.4 is 16.0 Å². The molecule has 0 spiro atoms. The summed E-state index contributed by atoms with van der Waals surface area (Å²) in [6.07, 6.45) is 12.7. The SMILES string of the molecule is COC[C@H](C)N[C@H]1CC[C@H](Nc2cc(-c3cncc(NCC4CC4)c3)c(Cl)cn2)CC1. The summed E-state index contributed by atoms with van der Waals surface area (Å²) < 4.78 is 5.23. The van der Waals surface area contributed by atoms with Crippen LogP contribution >= 0.6 is 11.6 Å². The zero-order valence-corrected chi connectivity index (χ0v) is 19.3. The predicted octanol–water partition coefficient (Wildman–Crippen LogP) is 4.97. The van der Waals surface area contributed by atoms with Gasteiger partial charge in [-0.05, 0) is 63.5 Å². The van der Waals surface area contributed by atoms with Crippen LogP contribution in [-0.4, -0.2) is 48.4 Å². The summed E-state index contributed by atoms with van der Waals surface area (Å²) in [5.74, 6) is 1.69. The number of aromatic nitrogens is 2. The third-order valence-corrected chi connectivity index (χ3v) is 6.51. The van der Waals surface area contributed by atoms with Gasteiger partial charge in [-0.3, -0.25) is 4.98 Å². The van der Waals surface area contributed by atoms with E-state index < -0.39 is 0 Å². The molecule has 0 aliphatic heterocycles. The summed E-state index contributed by atoms with van der Waals surface area (Å²) in [5, 5.41) is 11.4. The molecule has 31 heavy (non-hydrogen) atoms. The Balaban J connectivity index is 1.35. The minimum atomic E-state index is 0.392. The number of methoxy groups -OCH3 is 1. The molecular formula is C24H34ClN5O. The average Bonchev–Trinajstić information content (AvgIpc) is 3.60.